The predicted molar refractivity (Wildman–Crippen MR) is 68.9 cm³/mol. The van der Waals surface area contributed by atoms with Crippen LogP contribution >= 0.6 is 23.1 Å². The Morgan fingerprint density at radius 3 is 2.87 bits per heavy atom. The molecule has 2 aromatic carbocycles. The van der Waals surface area contributed by atoms with Gasteiger partial charge in [0.1, 0.15) is 0 Å². The van der Waals surface area contributed by atoms with Gasteiger partial charge in [-0.05, 0) is 17.7 Å². The maximum Gasteiger partial charge on any atom is 0.150 e. The van der Waals surface area contributed by atoms with E-state index in [-0.39, 0.29) is 0 Å². The van der Waals surface area contributed by atoms with E-state index in [1.807, 2.05) is 0 Å². The van der Waals surface area contributed by atoms with Crippen LogP contribution in [0, 0.1) is 0 Å². The number of aromatic nitrogens is 1. The summed E-state index contributed by atoms with van der Waals surface area (Å²) in [7, 11) is 0. The van der Waals surface area contributed by atoms with Crippen LogP contribution in [-0.4, -0.2) is 11.2 Å². The zero-order valence-electron chi connectivity index (χ0n) is 8.23. The molecule has 3 aromatic rings. The summed E-state index contributed by atoms with van der Waals surface area (Å²) >= 11 is 3.49. The van der Waals surface area contributed by atoms with Gasteiger partial charge in [-0.1, -0.05) is 42.1 Å². The standard InChI is InChI=1S/C12H9NS2/c1-14-12-13-10-7-6-8-4-2-3-5-9(8)11(10)15-12/h2-7H,1H3. The van der Waals surface area contributed by atoms with E-state index in [0.717, 1.165) is 9.86 Å². The van der Waals surface area contributed by atoms with Crippen LogP contribution in [-0.2, 0) is 0 Å². The van der Waals surface area contributed by atoms with Crippen LogP contribution in [0.2, 0.25) is 0 Å². The largest absolute Gasteiger partial charge is 0.230 e. The highest BCUT2D eigenvalue weighted by Gasteiger charge is 2.05. The molecule has 0 aliphatic rings. The van der Waals surface area contributed by atoms with Gasteiger partial charge in [-0.2, -0.15) is 0 Å². The highest BCUT2D eigenvalue weighted by atomic mass is 32.2. The summed E-state index contributed by atoms with van der Waals surface area (Å²) in [5.74, 6) is 0. The zero-order chi connectivity index (χ0) is 10.3. The van der Waals surface area contributed by atoms with Crippen molar-refractivity contribution in [3.05, 3.63) is 36.4 Å². The van der Waals surface area contributed by atoms with E-state index in [0.29, 0.717) is 0 Å². The van der Waals surface area contributed by atoms with E-state index < -0.39 is 0 Å². The average molecular weight is 231 g/mol. The predicted octanol–water partition coefficient (Wildman–Crippen LogP) is 4.17. The van der Waals surface area contributed by atoms with Gasteiger partial charge in [0.2, 0.25) is 0 Å². The molecule has 3 heteroatoms. The Balaban J connectivity index is 2.47. The molecule has 15 heavy (non-hydrogen) atoms. The quantitative estimate of drug-likeness (QED) is 0.583. The minimum atomic E-state index is 1.11. The fraction of sp³-hybridized carbons (Fsp3) is 0.0833. The van der Waals surface area contributed by atoms with Crippen molar-refractivity contribution in [2.45, 2.75) is 4.34 Å². The summed E-state index contributed by atoms with van der Waals surface area (Å²) < 4.78 is 2.44. The zero-order valence-corrected chi connectivity index (χ0v) is 9.86. The first-order chi connectivity index (χ1) is 7.38. The summed E-state index contributed by atoms with van der Waals surface area (Å²) in [6.45, 7) is 0. The van der Waals surface area contributed by atoms with Crippen molar-refractivity contribution in [1.29, 1.82) is 0 Å². The molecular weight excluding hydrogens is 222 g/mol. The highest BCUT2D eigenvalue weighted by Crippen LogP contribution is 2.33. The van der Waals surface area contributed by atoms with Gasteiger partial charge in [0.05, 0.1) is 10.2 Å². The molecular formula is C12H9NS2. The molecule has 0 N–H and O–H groups in total. The van der Waals surface area contributed by atoms with Gasteiger partial charge in [-0.15, -0.1) is 11.3 Å². The first-order valence-electron chi connectivity index (χ1n) is 4.71. The molecule has 0 unspecified atom stereocenters. The van der Waals surface area contributed by atoms with Crippen molar-refractivity contribution in [2.24, 2.45) is 0 Å². The maximum atomic E-state index is 4.56. The number of thioether (sulfide) groups is 1. The number of rotatable bonds is 1. The monoisotopic (exact) mass is 231 g/mol. The van der Waals surface area contributed by atoms with Gasteiger partial charge in [-0.3, -0.25) is 0 Å². The molecule has 0 saturated heterocycles. The van der Waals surface area contributed by atoms with Gasteiger partial charge >= 0.3 is 0 Å². The normalized spacial score (nSPS) is 11.3. The number of thiazole rings is 1. The third-order valence-corrected chi connectivity index (χ3v) is 4.52. The average Bonchev–Trinajstić information content (AvgIpc) is 2.72. The van der Waals surface area contributed by atoms with E-state index in [2.05, 4.69) is 47.6 Å². The van der Waals surface area contributed by atoms with Crippen molar-refractivity contribution < 1.29 is 0 Å². The Bertz CT molecular complexity index is 628. The van der Waals surface area contributed by atoms with Crippen molar-refractivity contribution in [2.75, 3.05) is 6.26 Å². The van der Waals surface area contributed by atoms with Crippen LogP contribution in [0.15, 0.2) is 40.7 Å². The lowest BCUT2D eigenvalue weighted by molar-refractivity contribution is 1.31. The summed E-state index contributed by atoms with van der Waals surface area (Å²) in [5.41, 5.74) is 1.11. The molecule has 1 heterocycles. The van der Waals surface area contributed by atoms with Crippen molar-refractivity contribution in [1.82, 2.24) is 4.98 Å². The SMILES string of the molecule is CSc1nc2ccc3ccccc3c2s1. The van der Waals surface area contributed by atoms with Gasteiger partial charge < -0.3 is 0 Å². The van der Waals surface area contributed by atoms with E-state index >= 15 is 0 Å². The molecule has 0 saturated carbocycles. The van der Waals surface area contributed by atoms with Crippen molar-refractivity contribution >= 4 is 44.1 Å². The van der Waals surface area contributed by atoms with E-state index in [4.69, 9.17) is 0 Å². The minimum absolute atomic E-state index is 1.11. The molecule has 3 rings (SSSR count). The van der Waals surface area contributed by atoms with Crippen LogP contribution in [0.3, 0.4) is 0 Å². The first-order valence-corrected chi connectivity index (χ1v) is 6.75. The lowest BCUT2D eigenvalue weighted by Crippen LogP contribution is -1.72. The third-order valence-electron chi connectivity index (χ3n) is 2.43. The van der Waals surface area contributed by atoms with Gasteiger partial charge in [0.25, 0.3) is 0 Å². The fourth-order valence-corrected chi connectivity index (χ4v) is 3.33. The maximum absolute atomic E-state index is 4.56. The van der Waals surface area contributed by atoms with E-state index in [9.17, 15) is 0 Å². The summed E-state index contributed by atoms with van der Waals surface area (Å²) in [5, 5.41) is 2.61. The lowest BCUT2D eigenvalue weighted by Gasteiger charge is -1.96. The lowest BCUT2D eigenvalue weighted by atomic mass is 10.1. The van der Waals surface area contributed by atoms with Crippen molar-refractivity contribution in [3.63, 3.8) is 0 Å². The second kappa shape index (κ2) is 3.51. The van der Waals surface area contributed by atoms with Crippen LogP contribution in [0.1, 0.15) is 0 Å². The van der Waals surface area contributed by atoms with Crippen LogP contribution in [0.25, 0.3) is 21.0 Å². The molecule has 1 nitrogen and oxygen atoms in total. The Hall–Kier alpha value is -1.06. The molecule has 1 aromatic heterocycles. The van der Waals surface area contributed by atoms with E-state index in [1.165, 1.54) is 15.5 Å². The van der Waals surface area contributed by atoms with Crippen LogP contribution in [0.5, 0.6) is 0 Å². The van der Waals surface area contributed by atoms with Crippen molar-refractivity contribution in [3.8, 4) is 0 Å². The third kappa shape index (κ3) is 1.43. The highest BCUT2D eigenvalue weighted by molar-refractivity contribution is 8.00. The topological polar surface area (TPSA) is 12.9 Å². The number of fused-ring (bicyclic) bond motifs is 3. The first kappa shape index (κ1) is 9.19. The van der Waals surface area contributed by atoms with E-state index in [1.54, 1.807) is 23.1 Å². The smallest absolute Gasteiger partial charge is 0.150 e. The molecule has 74 valence electrons. The fourth-order valence-electron chi connectivity index (χ4n) is 1.72. The van der Waals surface area contributed by atoms with Crippen LogP contribution < -0.4 is 0 Å². The Morgan fingerprint density at radius 1 is 1.13 bits per heavy atom. The molecule has 0 amide bonds. The molecule has 0 bridgehead atoms. The molecule has 0 aliphatic heterocycles. The summed E-state index contributed by atoms with van der Waals surface area (Å²) in [6.07, 6.45) is 2.07. The number of hydrogen-bond donors (Lipinski definition) is 0. The summed E-state index contributed by atoms with van der Waals surface area (Å²) in [4.78, 5) is 4.56. The van der Waals surface area contributed by atoms with Gasteiger partial charge in [0, 0.05) is 5.39 Å². The number of nitrogens with zero attached hydrogens (tertiary/aromatic N) is 1. The number of benzene rings is 2. The molecule has 0 atom stereocenters. The Kier molecular flexibility index (Phi) is 2.15. The van der Waals surface area contributed by atoms with Crippen LogP contribution in [0.4, 0.5) is 0 Å². The van der Waals surface area contributed by atoms with Gasteiger partial charge in [0.15, 0.2) is 4.34 Å². The Labute approximate surface area is 96.1 Å². The Morgan fingerprint density at radius 2 is 2.00 bits per heavy atom. The molecule has 0 radical (unpaired) electrons. The summed E-state index contributed by atoms with van der Waals surface area (Å²) in [6, 6.07) is 12.7. The number of hydrogen-bond acceptors (Lipinski definition) is 3. The molecule has 0 aliphatic carbocycles. The molecule has 0 spiro atoms. The second-order valence-corrected chi connectivity index (χ2v) is 5.37. The second-order valence-electron chi connectivity index (χ2n) is 3.32. The molecule has 0 fully saturated rings. The van der Waals surface area contributed by atoms with Gasteiger partial charge in [-0.25, -0.2) is 4.98 Å². The minimum Gasteiger partial charge on any atom is -0.230 e.